The number of aromatic nitrogens is 2. The summed E-state index contributed by atoms with van der Waals surface area (Å²) in [5, 5.41) is 6.69. The van der Waals surface area contributed by atoms with Crippen LogP contribution in [-0.2, 0) is 17.8 Å². The van der Waals surface area contributed by atoms with Crippen molar-refractivity contribution in [3.63, 3.8) is 0 Å². The van der Waals surface area contributed by atoms with Gasteiger partial charge in [-0.05, 0) is 42.0 Å². The average Bonchev–Trinajstić information content (AvgIpc) is 3.14. The van der Waals surface area contributed by atoms with E-state index in [0.717, 1.165) is 11.3 Å². The Kier molecular flexibility index (Phi) is 5.58. The van der Waals surface area contributed by atoms with E-state index in [4.69, 9.17) is 9.26 Å². The summed E-state index contributed by atoms with van der Waals surface area (Å²) < 4.78 is 23.2. The van der Waals surface area contributed by atoms with Crippen molar-refractivity contribution in [3.8, 4) is 17.1 Å². The molecule has 1 amide bonds. The molecule has 134 valence electrons. The number of rotatable bonds is 7. The maximum Gasteiger partial charge on any atom is 0.227 e. The Bertz CT molecular complexity index is 878. The number of ether oxygens (including phenoxy) is 1. The van der Waals surface area contributed by atoms with E-state index in [0.29, 0.717) is 30.2 Å². The summed E-state index contributed by atoms with van der Waals surface area (Å²) in [5.41, 5.74) is 1.61. The zero-order valence-electron chi connectivity index (χ0n) is 14.2. The zero-order chi connectivity index (χ0) is 18.4. The highest BCUT2D eigenvalue weighted by Gasteiger charge is 2.11. The van der Waals surface area contributed by atoms with Gasteiger partial charge in [-0.15, -0.1) is 0 Å². The second kappa shape index (κ2) is 8.24. The van der Waals surface area contributed by atoms with Crippen LogP contribution in [-0.4, -0.2) is 23.2 Å². The Balaban J connectivity index is 1.49. The summed E-state index contributed by atoms with van der Waals surface area (Å²) in [6.07, 6.45) is 0.563. The molecule has 0 spiro atoms. The fourth-order valence-corrected chi connectivity index (χ4v) is 2.36. The van der Waals surface area contributed by atoms with Gasteiger partial charge in [-0.1, -0.05) is 17.3 Å². The average molecular weight is 355 g/mol. The molecule has 3 aromatic rings. The molecule has 26 heavy (non-hydrogen) atoms. The Labute approximate surface area is 150 Å². The summed E-state index contributed by atoms with van der Waals surface area (Å²) in [6.45, 7) is 0.417. The molecule has 0 saturated heterocycles. The number of aryl methyl sites for hydroxylation is 1. The van der Waals surface area contributed by atoms with Crippen LogP contribution in [0, 0.1) is 5.82 Å². The van der Waals surface area contributed by atoms with Crippen LogP contribution in [0.5, 0.6) is 5.75 Å². The van der Waals surface area contributed by atoms with Gasteiger partial charge in [-0.3, -0.25) is 4.79 Å². The van der Waals surface area contributed by atoms with Crippen molar-refractivity contribution < 1.29 is 18.4 Å². The van der Waals surface area contributed by atoms with Gasteiger partial charge in [0.15, 0.2) is 0 Å². The van der Waals surface area contributed by atoms with E-state index in [1.807, 2.05) is 24.3 Å². The van der Waals surface area contributed by atoms with Gasteiger partial charge in [0.1, 0.15) is 11.6 Å². The van der Waals surface area contributed by atoms with Crippen LogP contribution >= 0.6 is 0 Å². The predicted molar refractivity (Wildman–Crippen MR) is 92.9 cm³/mol. The van der Waals surface area contributed by atoms with Gasteiger partial charge in [0.2, 0.25) is 17.6 Å². The van der Waals surface area contributed by atoms with E-state index in [-0.39, 0.29) is 18.1 Å². The highest BCUT2D eigenvalue weighted by Crippen LogP contribution is 2.16. The molecule has 0 atom stereocenters. The second-order valence-corrected chi connectivity index (χ2v) is 5.65. The quantitative estimate of drug-likeness (QED) is 0.704. The molecule has 0 aliphatic carbocycles. The molecule has 0 aliphatic heterocycles. The Morgan fingerprint density at radius 2 is 2.04 bits per heavy atom. The smallest absolute Gasteiger partial charge is 0.227 e. The summed E-state index contributed by atoms with van der Waals surface area (Å²) in [6, 6.07) is 13.3. The van der Waals surface area contributed by atoms with Gasteiger partial charge >= 0.3 is 0 Å². The van der Waals surface area contributed by atoms with Crippen LogP contribution in [0.2, 0.25) is 0 Å². The number of carbonyl (C=O) groups excluding carboxylic acids is 1. The van der Waals surface area contributed by atoms with Gasteiger partial charge < -0.3 is 14.6 Å². The number of nitrogens with one attached hydrogen (secondary N) is 1. The van der Waals surface area contributed by atoms with Crippen LogP contribution in [0.1, 0.15) is 17.9 Å². The number of benzene rings is 2. The first-order chi connectivity index (χ1) is 12.6. The Morgan fingerprint density at radius 3 is 2.81 bits per heavy atom. The molecule has 6 nitrogen and oxygen atoms in total. The lowest BCUT2D eigenvalue weighted by molar-refractivity contribution is -0.121. The van der Waals surface area contributed by atoms with Crippen molar-refractivity contribution in [2.75, 3.05) is 7.11 Å². The van der Waals surface area contributed by atoms with E-state index in [9.17, 15) is 9.18 Å². The van der Waals surface area contributed by atoms with Crippen LogP contribution in [0.25, 0.3) is 11.4 Å². The maximum absolute atomic E-state index is 12.9. The number of nitrogens with zero attached hydrogens (tertiary/aromatic N) is 2. The van der Waals surface area contributed by atoms with Gasteiger partial charge in [0.25, 0.3) is 0 Å². The lowest BCUT2D eigenvalue weighted by Gasteiger charge is -2.06. The standard InChI is InChI=1S/C19H18FN3O3/c1-25-16-4-2-3-13(11-16)12-21-17(24)9-10-18-22-19(23-26-18)14-5-7-15(20)8-6-14/h2-8,11H,9-10,12H2,1H3,(H,21,24). The van der Waals surface area contributed by atoms with E-state index in [2.05, 4.69) is 15.5 Å². The number of methoxy groups -OCH3 is 1. The predicted octanol–water partition coefficient (Wildman–Crippen LogP) is 3.13. The first-order valence-corrected chi connectivity index (χ1v) is 8.12. The second-order valence-electron chi connectivity index (χ2n) is 5.65. The minimum absolute atomic E-state index is 0.116. The van der Waals surface area contributed by atoms with E-state index < -0.39 is 0 Å². The molecule has 3 rings (SSSR count). The van der Waals surface area contributed by atoms with Crippen LogP contribution in [0.4, 0.5) is 4.39 Å². The van der Waals surface area contributed by atoms with Crippen molar-refractivity contribution in [1.29, 1.82) is 0 Å². The van der Waals surface area contributed by atoms with Crippen molar-refractivity contribution >= 4 is 5.91 Å². The Hall–Kier alpha value is -3.22. The minimum Gasteiger partial charge on any atom is -0.497 e. The van der Waals surface area contributed by atoms with Crippen LogP contribution in [0.3, 0.4) is 0 Å². The third kappa shape index (κ3) is 4.66. The number of hydrogen-bond donors (Lipinski definition) is 1. The topological polar surface area (TPSA) is 77.2 Å². The highest BCUT2D eigenvalue weighted by molar-refractivity contribution is 5.76. The monoisotopic (exact) mass is 355 g/mol. The molecule has 1 N–H and O–H groups in total. The van der Waals surface area contributed by atoms with E-state index >= 15 is 0 Å². The number of halogens is 1. The molecular weight excluding hydrogens is 337 g/mol. The summed E-state index contributed by atoms with van der Waals surface area (Å²) in [5.74, 6) is 1.04. The molecule has 0 unspecified atom stereocenters. The number of hydrogen-bond acceptors (Lipinski definition) is 5. The van der Waals surface area contributed by atoms with E-state index in [1.54, 1.807) is 19.2 Å². The maximum atomic E-state index is 12.9. The van der Waals surface area contributed by atoms with Gasteiger partial charge in [0, 0.05) is 24.9 Å². The van der Waals surface area contributed by atoms with Crippen molar-refractivity contribution in [2.45, 2.75) is 19.4 Å². The number of amides is 1. The fourth-order valence-electron chi connectivity index (χ4n) is 2.36. The summed E-state index contributed by atoms with van der Waals surface area (Å²) in [4.78, 5) is 16.2. The highest BCUT2D eigenvalue weighted by atomic mass is 19.1. The molecule has 2 aromatic carbocycles. The third-order valence-electron chi connectivity index (χ3n) is 3.76. The summed E-state index contributed by atoms with van der Waals surface area (Å²) >= 11 is 0. The van der Waals surface area contributed by atoms with E-state index in [1.165, 1.54) is 12.1 Å². The molecule has 0 radical (unpaired) electrons. The largest absolute Gasteiger partial charge is 0.497 e. The van der Waals surface area contributed by atoms with Gasteiger partial charge in [-0.25, -0.2) is 4.39 Å². The zero-order valence-corrected chi connectivity index (χ0v) is 14.2. The minimum atomic E-state index is -0.329. The Morgan fingerprint density at radius 1 is 1.23 bits per heavy atom. The molecule has 0 bridgehead atoms. The molecule has 1 aromatic heterocycles. The van der Waals surface area contributed by atoms with Gasteiger partial charge in [0.05, 0.1) is 7.11 Å². The summed E-state index contributed by atoms with van der Waals surface area (Å²) in [7, 11) is 1.60. The molecule has 1 heterocycles. The molecule has 0 aliphatic rings. The normalized spacial score (nSPS) is 10.5. The van der Waals surface area contributed by atoms with Crippen LogP contribution in [0.15, 0.2) is 53.1 Å². The first-order valence-electron chi connectivity index (χ1n) is 8.12. The van der Waals surface area contributed by atoms with Crippen molar-refractivity contribution in [2.24, 2.45) is 0 Å². The first kappa shape index (κ1) is 17.6. The lowest BCUT2D eigenvalue weighted by Crippen LogP contribution is -2.23. The van der Waals surface area contributed by atoms with Crippen molar-refractivity contribution in [3.05, 3.63) is 65.8 Å². The SMILES string of the molecule is COc1cccc(CNC(=O)CCc2nc(-c3ccc(F)cc3)no2)c1. The molecule has 0 fully saturated rings. The number of carbonyl (C=O) groups is 1. The fraction of sp³-hybridized carbons (Fsp3) is 0.211. The lowest BCUT2D eigenvalue weighted by atomic mass is 10.2. The van der Waals surface area contributed by atoms with Crippen LogP contribution < -0.4 is 10.1 Å². The van der Waals surface area contributed by atoms with Gasteiger partial charge in [-0.2, -0.15) is 4.98 Å². The molecule has 0 saturated carbocycles. The molecular formula is C19H18FN3O3. The third-order valence-corrected chi connectivity index (χ3v) is 3.76. The molecule has 7 heteroatoms. The van der Waals surface area contributed by atoms with Crippen molar-refractivity contribution in [1.82, 2.24) is 15.5 Å².